The third-order valence-corrected chi connectivity index (χ3v) is 6.04. The minimum absolute atomic E-state index is 0.0147. The molecule has 1 N–H and O–H groups in total. The van der Waals surface area contributed by atoms with Crippen molar-refractivity contribution in [2.24, 2.45) is 5.92 Å². The Bertz CT molecular complexity index is 913. The van der Waals surface area contributed by atoms with Crippen molar-refractivity contribution < 1.29 is 19.1 Å². The number of nitrogens with zero attached hydrogens (tertiary/aromatic N) is 2. The number of thiophene rings is 1. The predicted molar refractivity (Wildman–Crippen MR) is 117 cm³/mol. The fourth-order valence-electron chi connectivity index (χ4n) is 3.55. The van der Waals surface area contributed by atoms with E-state index in [0.29, 0.717) is 24.5 Å². The van der Waals surface area contributed by atoms with Crippen LogP contribution in [0.4, 0.5) is 5.69 Å². The zero-order valence-electron chi connectivity index (χ0n) is 17.5. The van der Waals surface area contributed by atoms with E-state index in [2.05, 4.69) is 5.32 Å². The first-order chi connectivity index (χ1) is 14.4. The molecule has 1 aliphatic rings. The average molecular weight is 430 g/mol. The molecule has 30 heavy (non-hydrogen) atoms. The van der Waals surface area contributed by atoms with E-state index in [-0.39, 0.29) is 37.2 Å². The number of benzene rings is 1. The first-order valence-electron chi connectivity index (χ1n) is 9.95. The number of aryl methyl sites for hydroxylation is 1. The van der Waals surface area contributed by atoms with Gasteiger partial charge >= 0.3 is 0 Å². The van der Waals surface area contributed by atoms with Gasteiger partial charge in [-0.2, -0.15) is 0 Å². The minimum atomic E-state index is -0.479. The number of hydrogen-bond acceptors (Lipinski definition) is 5. The highest BCUT2D eigenvalue weighted by Crippen LogP contribution is 2.34. The van der Waals surface area contributed by atoms with Crippen molar-refractivity contribution in [2.75, 3.05) is 31.6 Å². The molecular weight excluding hydrogens is 402 g/mol. The zero-order chi connectivity index (χ0) is 21.7. The summed E-state index contributed by atoms with van der Waals surface area (Å²) in [6.45, 7) is 4.90. The summed E-state index contributed by atoms with van der Waals surface area (Å²) in [7, 11) is 1.56. The van der Waals surface area contributed by atoms with Crippen molar-refractivity contribution in [3.05, 3.63) is 46.2 Å². The Labute approximate surface area is 180 Å². The van der Waals surface area contributed by atoms with Gasteiger partial charge < -0.3 is 19.9 Å². The number of anilines is 1. The van der Waals surface area contributed by atoms with E-state index < -0.39 is 5.92 Å². The largest absolute Gasteiger partial charge is 0.495 e. The van der Waals surface area contributed by atoms with Gasteiger partial charge in [-0.15, -0.1) is 11.3 Å². The quantitative estimate of drug-likeness (QED) is 0.700. The topological polar surface area (TPSA) is 79.0 Å². The standard InChI is InChI=1S/C22H27N3O4S/c1-4-24(14-20(26)23-12-17-6-5-9-30-17)22(28)16-11-21(27)25(13-16)18-10-15(2)7-8-19(18)29-3/h5-10,16H,4,11-14H2,1-3H3,(H,23,26). The predicted octanol–water partition coefficient (Wildman–Crippen LogP) is 2.58. The summed E-state index contributed by atoms with van der Waals surface area (Å²) in [6.07, 6.45) is 0.128. The van der Waals surface area contributed by atoms with Gasteiger partial charge in [0.05, 0.1) is 31.8 Å². The second-order valence-electron chi connectivity index (χ2n) is 7.29. The first-order valence-corrected chi connectivity index (χ1v) is 10.8. The molecule has 3 rings (SSSR count). The van der Waals surface area contributed by atoms with E-state index in [1.54, 1.807) is 23.3 Å². The molecule has 1 atom stereocenters. The minimum Gasteiger partial charge on any atom is -0.495 e. The Morgan fingerprint density at radius 2 is 2.13 bits per heavy atom. The maximum atomic E-state index is 13.0. The van der Waals surface area contributed by atoms with Gasteiger partial charge in [0.1, 0.15) is 5.75 Å². The molecule has 3 amide bonds. The number of rotatable bonds is 8. The van der Waals surface area contributed by atoms with Gasteiger partial charge in [-0.05, 0) is 43.0 Å². The Kier molecular flexibility index (Phi) is 7.10. The van der Waals surface area contributed by atoms with Crippen LogP contribution in [-0.2, 0) is 20.9 Å². The second-order valence-corrected chi connectivity index (χ2v) is 8.32. The highest BCUT2D eigenvalue weighted by Gasteiger charge is 2.38. The van der Waals surface area contributed by atoms with E-state index in [4.69, 9.17) is 4.74 Å². The molecule has 1 aromatic carbocycles. The fourth-order valence-corrected chi connectivity index (χ4v) is 4.19. The molecule has 0 bridgehead atoms. The van der Waals surface area contributed by atoms with Gasteiger partial charge in [0.25, 0.3) is 0 Å². The third kappa shape index (κ3) is 4.99. The lowest BCUT2D eigenvalue weighted by molar-refractivity contribution is -0.139. The lowest BCUT2D eigenvalue weighted by atomic mass is 10.1. The zero-order valence-corrected chi connectivity index (χ0v) is 18.3. The van der Waals surface area contributed by atoms with E-state index in [1.165, 1.54) is 4.90 Å². The molecule has 2 aromatic rings. The SMILES string of the molecule is CCN(CC(=O)NCc1cccs1)C(=O)C1CC(=O)N(c2cc(C)ccc2OC)C1. The summed E-state index contributed by atoms with van der Waals surface area (Å²) in [5.41, 5.74) is 1.68. The summed E-state index contributed by atoms with van der Waals surface area (Å²) in [6, 6.07) is 9.51. The van der Waals surface area contributed by atoms with E-state index in [9.17, 15) is 14.4 Å². The number of carbonyl (C=O) groups is 3. The lowest BCUT2D eigenvalue weighted by Gasteiger charge is -2.24. The van der Waals surface area contributed by atoms with Crippen LogP contribution in [0.2, 0.25) is 0 Å². The van der Waals surface area contributed by atoms with Crippen molar-refractivity contribution in [1.29, 1.82) is 0 Å². The molecule has 1 aliphatic heterocycles. The Morgan fingerprint density at radius 3 is 2.80 bits per heavy atom. The van der Waals surface area contributed by atoms with Crippen LogP contribution < -0.4 is 15.0 Å². The number of amides is 3. The van der Waals surface area contributed by atoms with Crippen LogP contribution in [-0.4, -0.2) is 49.4 Å². The summed E-state index contributed by atoms with van der Waals surface area (Å²) in [5.74, 6) is -0.378. The van der Waals surface area contributed by atoms with Gasteiger partial charge in [0.15, 0.2) is 0 Å². The molecule has 1 unspecified atom stereocenters. The number of likely N-dealkylation sites (N-methyl/N-ethyl adjacent to an activating group) is 1. The Balaban J connectivity index is 1.63. The van der Waals surface area contributed by atoms with Gasteiger partial charge in [-0.1, -0.05) is 12.1 Å². The molecule has 7 nitrogen and oxygen atoms in total. The van der Waals surface area contributed by atoms with E-state index in [1.807, 2.05) is 49.6 Å². The molecule has 1 aromatic heterocycles. The smallest absolute Gasteiger partial charge is 0.239 e. The van der Waals surface area contributed by atoms with Gasteiger partial charge in [0.2, 0.25) is 17.7 Å². The lowest BCUT2D eigenvalue weighted by Crippen LogP contribution is -2.43. The average Bonchev–Trinajstić information content (AvgIpc) is 3.39. The molecule has 0 radical (unpaired) electrons. The molecule has 0 saturated carbocycles. The van der Waals surface area contributed by atoms with Crippen LogP contribution >= 0.6 is 11.3 Å². The van der Waals surface area contributed by atoms with Crippen LogP contribution in [0.5, 0.6) is 5.75 Å². The number of nitrogens with one attached hydrogen (secondary N) is 1. The molecule has 2 heterocycles. The Hall–Kier alpha value is -2.87. The van der Waals surface area contributed by atoms with E-state index in [0.717, 1.165) is 10.4 Å². The maximum Gasteiger partial charge on any atom is 0.239 e. The fraction of sp³-hybridized carbons (Fsp3) is 0.409. The first kappa shape index (κ1) is 21.8. The van der Waals surface area contributed by atoms with Crippen LogP contribution in [0, 0.1) is 12.8 Å². The summed E-state index contributed by atoms with van der Waals surface area (Å²) < 4.78 is 5.39. The van der Waals surface area contributed by atoms with Crippen LogP contribution in [0.15, 0.2) is 35.7 Å². The van der Waals surface area contributed by atoms with Crippen molar-refractivity contribution in [1.82, 2.24) is 10.2 Å². The summed E-state index contributed by atoms with van der Waals surface area (Å²) >= 11 is 1.57. The highest BCUT2D eigenvalue weighted by molar-refractivity contribution is 7.09. The number of carbonyl (C=O) groups excluding carboxylic acids is 3. The maximum absolute atomic E-state index is 13.0. The molecule has 8 heteroatoms. The molecule has 0 aliphatic carbocycles. The second kappa shape index (κ2) is 9.75. The van der Waals surface area contributed by atoms with Crippen LogP contribution in [0.25, 0.3) is 0 Å². The normalized spacial score (nSPS) is 15.9. The number of ether oxygens (including phenoxy) is 1. The van der Waals surface area contributed by atoms with Crippen LogP contribution in [0.3, 0.4) is 0 Å². The summed E-state index contributed by atoms with van der Waals surface area (Å²) in [5, 5.41) is 4.80. The summed E-state index contributed by atoms with van der Waals surface area (Å²) in [4.78, 5) is 42.2. The molecule has 0 spiro atoms. The van der Waals surface area contributed by atoms with E-state index >= 15 is 0 Å². The molecule has 1 fully saturated rings. The van der Waals surface area contributed by atoms with Gasteiger partial charge in [-0.25, -0.2) is 0 Å². The third-order valence-electron chi connectivity index (χ3n) is 5.17. The molecular formula is C22H27N3O4S. The highest BCUT2D eigenvalue weighted by atomic mass is 32.1. The van der Waals surface area contributed by atoms with Gasteiger partial charge in [0, 0.05) is 24.4 Å². The Morgan fingerprint density at radius 1 is 1.33 bits per heavy atom. The number of hydrogen-bond donors (Lipinski definition) is 1. The van der Waals surface area contributed by atoms with Crippen molar-refractivity contribution in [3.8, 4) is 5.75 Å². The van der Waals surface area contributed by atoms with Crippen LogP contribution in [0.1, 0.15) is 23.8 Å². The van der Waals surface area contributed by atoms with Gasteiger partial charge in [-0.3, -0.25) is 14.4 Å². The van der Waals surface area contributed by atoms with Crippen molar-refractivity contribution in [2.45, 2.75) is 26.8 Å². The molecule has 1 saturated heterocycles. The van der Waals surface area contributed by atoms with Crippen molar-refractivity contribution >= 4 is 34.7 Å². The van der Waals surface area contributed by atoms with Crippen molar-refractivity contribution in [3.63, 3.8) is 0 Å². The number of methoxy groups -OCH3 is 1. The molecule has 160 valence electrons. The monoisotopic (exact) mass is 429 g/mol.